The summed E-state index contributed by atoms with van der Waals surface area (Å²) in [6.45, 7) is 5.32. The number of aromatic nitrogens is 2. The van der Waals surface area contributed by atoms with E-state index in [1.807, 2.05) is 54.6 Å². The van der Waals surface area contributed by atoms with Gasteiger partial charge in [0.15, 0.2) is 0 Å². The Balaban J connectivity index is 1.58. The van der Waals surface area contributed by atoms with E-state index in [4.69, 9.17) is 4.98 Å². The fourth-order valence-corrected chi connectivity index (χ4v) is 3.89. The molecule has 0 aliphatic carbocycles. The SMILES string of the molecule is CC(C)CN1C[C@H](C(=O)N[C@H](c2ccccc2)c2nc3ccccc3[nH]2)CC1=O. The average Bonchev–Trinajstić information content (AvgIpc) is 3.30. The van der Waals surface area contributed by atoms with Crippen LogP contribution in [0.15, 0.2) is 54.6 Å². The van der Waals surface area contributed by atoms with Crippen LogP contribution < -0.4 is 5.32 Å². The number of hydrogen-bond donors (Lipinski definition) is 2. The number of amides is 2. The molecule has 1 fully saturated rings. The summed E-state index contributed by atoms with van der Waals surface area (Å²) in [4.78, 5) is 35.2. The third kappa shape index (κ3) is 4.16. The monoisotopic (exact) mass is 390 g/mol. The maximum atomic E-state index is 13.1. The number of benzene rings is 2. The molecule has 0 bridgehead atoms. The Labute approximate surface area is 170 Å². The van der Waals surface area contributed by atoms with Crippen LogP contribution in [0.4, 0.5) is 0 Å². The van der Waals surface area contributed by atoms with Crippen LogP contribution in [-0.4, -0.2) is 39.8 Å². The van der Waals surface area contributed by atoms with Gasteiger partial charge in [-0.05, 0) is 23.6 Å². The quantitative estimate of drug-likeness (QED) is 0.678. The van der Waals surface area contributed by atoms with Crippen molar-refractivity contribution in [2.45, 2.75) is 26.3 Å². The summed E-state index contributed by atoms with van der Waals surface area (Å²) in [7, 11) is 0. The third-order valence-electron chi connectivity index (χ3n) is 5.27. The van der Waals surface area contributed by atoms with Crippen LogP contribution in [0.1, 0.15) is 37.7 Å². The molecule has 1 saturated heterocycles. The molecule has 1 aliphatic rings. The molecule has 0 saturated carbocycles. The summed E-state index contributed by atoms with van der Waals surface area (Å²) in [5.74, 6) is 0.678. The molecule has 6 heteroatoms. The summed E-state index contributed by atoms with van der Waals surface area (Å²) in [6, 6.07) is 17.2. The first-order valence-electron chi connectivity index (χ1n) is 10.1. The zero-order valence-corrected chi connectivity index (χ0v) is 16.8. The van der Waals surface area contributed by atoms with Crippen molar-refractivity contribution in [1.29, 1.82) is 0 Å². The molecule has 0 radical (unpaired) electrons. The Morgan fingerprint density at radius 2 is 1.90 bits per heavy atom. The molecule has 0 spiro atoms. The number of carbonyl (C=O) groups is 2. The lowest BCUT2D eigenvalue weighted by molar-refractivity contribution is -0.129. The van der Waals surface area contributed by atoms with E-state index in [9.17, 15) is 9.59 Å². The van der Waals surface area contributed by atoms with Crippen molar-refractivity contribution in [2.24, 2.45) is 11.8 Å². The second-order valence-corrected chi connectivity index (χ2v) is 8.09. The number of aromatic amines is 1. The maximum absolute atomic E-state index is 13.1. The van der Waals surface area contributed by atoms with Crippen LogP contribution in [0.2, 0.25) is 0 Å². The number of imidazole rings is 1. The lowest BCUT2D eigenvalue weighted by Gasteiger charge is -2.21. The Bertz CT molecular complexity index is 979. The van der Waals surface area contributed by atoms with Gasteiger partial charge in [0.2, 0.25) is 11.8 Å². The number of H-pyrrole nitrogens is 1. The van der Waals surface area contributed by atoms with Crippen molar-refractivity contribution in [3.8, 4) is 0 Å². The summed E-state index contributed by atoms with van der Waals surface area (Å²) >= 11 is 0. The minimum absolute atomic E-state index is 0.0545. The second kappa shape index (κ2) is 8.07. The molecule has 2 heterocycles. The fraction of sp³-hybridized carbons (Fsp3) is 0.348. The van der Waals surface area contributed by atoms with Crippen molar-refractivity contribution in [2.75, 3.05) is 13.1 Å². The van der Waals surface area contributed by atoms with Gasteiger partial charge in [0.05, 0.1) is 17.0 Å². The van der Waals surface area contributed by atoms with Gasteiger partial charge in [-0.2, -0.15) is 0 Å². The molecule has 0 unspecified atom stereocenters. The van der Waals surface area contributed by atoms with Crippen LogP contribution >= 0.6 is 0 Å². The number of fused-ring (bicyclic) bond motifs is 1. The molecule has 3 aromatic rings. The Morgan fingerprint density at radius 3 is 2.62 bits per heavy atom. The highest BCUT2D eigenvalue weighted by molar-refractivity contribution is 5.89. The number of rotatable bonds is 6. The number of hydrogen-bond acceptors (Lipinski definition) is 3. The zero-order chi connectivity index (χ0) is 20.4. The predicted octanol–water partition coefficient (Wildman–Crippen LogP) is 3.27. The molecule has 29 heavy (non-hydrogen) atoms. The van der Waals surface area contributed by atoms with Gasteiger partial charge in [0.1, 0.15) is 11.9 Å². The normalized spacial score (nSPS) is 17.8. The van der Waals surface area contributed by atoms with Gasteiger partial charge in [0.25, 0.3) is 0 Å². The van der Waals surface area contributed by atoms with Crippen molar-refractivity contribution >= 4 is 22.8 Å². The molecule has 150 valence electrons. The van der Waals surface area contributed by atoms with E-state index >= 15 is 0 Å². The van der Waals surface area contributed by atoms with Crippen LogP contribution in [0.25, 0.3) is 11.0 Å². The first kappa shape index (κ1) is 19.2. The van der Waals surface area contributed by atoms with Crippen LogP contribution in [-0.2, 0) is 9.59 Å². The average molecular weight is 390 g/mol. The van der Waals surface area contributed by atoms with Crippen LogP contribution in [0.5, 0.6) is 0 Å². The van der Waals surface area contributed by atoms with E-state index < -0.39 is 6.04 Å². The zero-order valence-electron chi connectivity index (χ0n) is 16.8. The molecule has 2 N–H and O–H groups in total. The number of likely N-dealkylation sites (tertiary alicyclic amines) is 1. The van der Waals surface area contributed by atoms with Gasteiger partial charge < -0.3 is 15.2 Å². The molecular formula is C23H26N4O2. The molecule has 2 amide bonds. The van der Waals surface area contributed by atoms with Gasteiger partial charge in [0, 0.05) is 19.5 Å². The topological polar surface area (TPSA) is 78.1 Å². The van der Waals surface area contributed by atoms with Crippen molar-refractivity contribution < 1.29 is 9.59 Å². The van der Waals surface area contributed by atoms with E-state index in [0.29, 0.717) is 24.8 Å². The molecule has 6 nitrogen and oxygen atoms in total. The lowest BCUT2D eigenvalue weighted by Crippen LogP contribution is -2.37. The Kier molecular flexibility index (Phi) is 5.34. The maximum Gasteiger partial charge on any atom is 0.226 e. The first-order chi connectivity index (χ1) is 14.0. The summed E-state index contributed by atoms with van der Waals surface area (Å²) in [5, 5.41) is 3.14. The van der Waals surface area contributed by atoms with E-state index in [0.717, 1.165) is 16.6 Å². The molecule has 2 aromatic carbocycles. The van der Waals surface area contributed by atoms with E-state index in [-0.39, 0.29) is 24.2 Å². The van der Waals surface area contributed by atoms with Crippen molar-refractivity contribution in [3.63, 3.8) is 0 Å². The summed E-state index contributed by atoms with van der Waals surface area (Å²) < 4.78 is 0. The van der Waals surface area contributed by atoms with Gasteiger partial charge in [-0.25, -0.2) is 4.98 Å². The summed E-state index contributed by atoms with van der Waals surface area (Å²) in [6.07, 6.45) is 0.264. The third-order valence-corrected chi connectivity index (χ3v) is 5.27. The minimum atomic E-state index is -0.398. The molecule has 4 rings (SSSR count). The van der Waals surface area contributed by atoms with Crippen LogP contribution in [0, 0.1) is 11.8 Å². The second-order valence-electron chi connectivity index (χ2n) is 8.09. The number of carbonyl (C=O) groups excluding carboxylic acids is 2. The minimum Gasteiger partial charge on any atom is -0.342 e. The Morgan fingerprint density at radius 1 is 1.17 bits per heavy atom. The highest BCUT2D eigenvalue weighted by atomic mass is 16.2. The number of para-hydroxylation sites is 2. The van der Waals surface area contributed by atoms with Gasteiger partial charge in [-0.15, -0.1) is 0 Å². The number of nitrogens with zero attached hydrogens (tertiary/aromatic N) is 2. The highest BCUT2D eigenvalue weighted by Crippen LogP contribution is 2.25. The first-order valence-corrected chi connectivity index (χ1v) is 10.1. The lowest BCUT2D eigenvalue weighted by atomic mass is 10.0. The molecule has 1 aliphatic heterocycles. The number of nitrogens with one attached hydrogen (secondary N) is 2. The molecule has 1 aromatic heterocycles. The van der Waals surface area contributed by atoms with Crippen molar-refractivity contribution in [3.05, 3.63) is 66.0 Å². The fourth-order valence-electron chi connectivity index (χ4n) is 3.89. The van der Waals surface area contributed by atoms with Crippen molar-refractivity contribution in [1.82, 2.24) is 20.2 Å². The predicted molar refractivity (Wildman–Crippen MR) is 112 cm³/mol. The van der Waals surface area contributed by atoms with Gasteiger partial charge in [-0.1, -0.05) is 56.3 Å². The van der Waals surface area contributed by atoms with Gasteiger partial charge in [-0.3, -0.25) is 9.59 Å². The standard InChI is InChI=1S/C23H26N4O2/c1-15(2)13-27-14-17(12-20(27)28)23(29)26-21(16-8-4-3-5-9-16)22-24-18-10-6-7-11-19(18)25-22/h3-11,15,17,21H,12-14H2,1-2H3,(H,24,25)(H,26,29)/t17-,21-/m1/s1. The van der Waals surface area contributed by atoms with E-state index in [2.05, 4.69) is 24.1 Å². The van der Waals surface area contributed by atoms with E-state index in [1.54, 1.807) is 4.90 Å². The molecular weight excluding hydrogens is 364 g/mol. The molecule has 2 atom stereocenters. The highest BCUT2D eigenvalue weighted by Gasteiger charge is 2.35. The smallest absolute Gasteiger partial charge is 0.226 e. The summed E-state index contributed by atoms with van der Waals surface area (Å²) in [5.41, 5.74) is 2.73. The largest absolute Gasteiger partial charge is 0.342 e. The van der Waals surface area contributed by atoms with E-state index in [1.165, 1.54) is 0 Å². The Hall–Kier alpha value is -3.15. The van der Waals surface area contributed by atoms with Crippen LogP contribution in [0.3, 0.4) is 0 Å². The van der Waals surface area contributed by atoms with Gasteiger partial charge >= 0.3 is 0 Å².